The topological polar surface area (TPSA) is 98.8 Å². The van der Waals surface area contributed by atoms with Crippen molar-refractivity contribution in [1.29, 1.82) is 0 Å². The van der Waals surface area contributed by atoms with Crippen LogP contribution in [0.1, 0.15) is 6.42 Å². The van der Waals surface area contributed by atoms with Gasteiger partial charge in [0, 0.05) is 6.07 Å². The van der Waals surface area contributed by atoms with E-state index in [-0.39, 0.29) is 6.54 Å². The zero-order chi connectivity index (χ0) is 19.4. The van der Waals surface area contributed by atoms with E-state index < -0.39 is 24.5 Å². The smallest absolute Gasteiger partial charge is 0.386 e. The van der Waals surface area contributed by atoms with Crippen LogP contribution in [0.25, 0.3) is 22.4 Å². The largest absolute Gasteiger partial charge is 0.491 e. The summed E-state index contributed by atoms with van der Waals surface area (Å²) in [6.07, 6.45) is -2.74. The lowest BCUT2D eigenvalue weighted by atomic mass is 10.2. The number of alkyl halides is 3. The first kappa shape index (κ1) is 18.3. The second kappa shape index (κ2) is 7.40. The molecule has 0 saturated carbocycles. The van der Waals surface area contributed by atoms with Crippen LogP contribution in [-0.2, 0) is 20.9 Å². The molecule has 0 spiro atoms. The van der Waals surface area contributed by atoms with Crippen LogP contribution in [0.2, 0.25) is 0 Å². The summed E-state index contributed by atoms with van der Waals surface area (Å²) in [5, 5.41) is 12.1. The Morgan fingerprint density at radius 2 is 1.81 bits per heavy atom. The number of esters is 2. The molecule has 0 aliphatic heterocycles. The van der Waals surface area contributed by atoms with Gasteiger partial charge >= 0.3 is 18.1 Å². The summed E-state index contributed by atoms with van der Waals surface area (Å²) in [5.41, 5.74) is 1.88. The van der Waals surface area contributed by atoms with Gasteiger partial charge in [-0.25, -0.2) is 9.78 Å². The molecule has 0 N–H and O–H groups in total. The average molecular weight is 378 g/mol. The maximum Gasteiger partial charge on any atom is 0.491 e. The second-order valence-corrected chi connectivity index (χ2v) is 5.31. The van der Waals surface area contributed by atoms with Crippen molar-refractivity contribution < 1.29 is 32.2 Å². The highest BCUT2D eigenvalue weighted by Gasteiger charge is 2.42. The Morgan fingerprint density at radius 3 is 2.48 bits per heavy atom. The number of rotatable bonds is 4. The molecule has 3 rings (SSSR count). The molecule has 0 bridgehead atoms. The molecule has 8 nitrogen and oxygen atoms in total. The summed E-state index contributed by atoms with van der Waals surface area (Å²) in [7, 11) is 0. The van der Waals surface area contributed by atoms with E-state index in [2.05, 4.69) is 25.0 Å². The zero-order valence-electron chi connectivity index (χ0n) is 13.6. The molecule has 0 aliphatic rings. The standard InChI is InChI=1S/C16H11F3N5O3/c17-16(18,19)15(26)27-13(25)6-8-24-7-5-10(9-20-24)14-21-11-3-1-2-4-12(11)22-23-14/h1-5,7,9H,6,8H2/q+1. The van der Waals surface area contributed by atoms with E-state index in [0.29, 0.717) is 22.4 Å². The van der Waals surface area contributed by atoms with Crippen LogP contribution in [-0.4, -0.2) is 38.4 Å². The number of carbonyl (C=O) groups excluding carboxylic acids is 2. The van der Waals surface area contributed by atoms with Crippen molar-refractivity contribution in [2.45, 2.75) is 19.1 Å². The van der Waals surface area contributed by atoms with Crippen LogP contribution in [0.5, 0.6) is 0 Å². The SMILES string of the molecule is O=C(CC[n+]1ccc(-c2nnc3ccccc3n2)cn1)OC(=O)C(F)(F)F. The number of nitrogens with zero attached hydrogens (tertiary/aromatic N) is 5. The Morgan fingerprint density at radius 1 is 1.07 bits per heavy atom. The molecule has 0 fully saturated rings. The van der Waals surface area contributed by atoms with Gasteiger partial charge in [-0.1, -0.05) is 16.8 Å². The Balaban J connectivity index is 1.63. The summed E-state index contributed by atoms with van der Waals surface area (Å²) in [4.78, 5) is 26.2. The highest BCUT2D eigenvalue weighted by molar-refractivity contribution is 5.88. The summed E-state index contributed by atoms with van der Waals surface area (Å²) in [6, 6.07) is 8.82. The van der Waals surface area contributed by atoms with E-state index in [9.17, 15) is 22.8 Å². The Hall–Kier alpha value is -3.50. The monoisotopic (exact) mass is 378 g/mol. The normalized spacial score (nSPS) is 11.4. The van der Waals surface area contributed by atoms with E-state index in [1.807, 2.05) is 12.1 Å². The van der Waals surface area contributed by atoms with E-state index in [0.717, 1.165) is 0 Å². The van der Waals surface area contributed by atoms with Crippen molar-refractivity contribution in [1.82, 2.24) is 20.3 Å². The molecule has 0 amide bonds. The van der Waals surface area contributed by atoms with Gasteiger partial charge in [-0.3, -0.25) is 4.79 Å². The Labute approximate surface area is 149 Å². The number of halogens is 3. The number of carbonyl (C=O) groups is 2. The average Bonchev–Trinajstić information content (AvgIpc) is 2.65. The first-order valence-electron chi connectivity index (χ1n) is 7.60. The third kappa shape index (κ3) is 4.57. The first-order chi connectivity index (χ1) is 12.8. The van der Waals surface area contributed by atoms with Gasteiger partial charge in [0.25, 0.3) is 0 Å². The fraction of sp³-hybridized carbons (Fsp3) is 0.188. The first-order valence-corrected chi connectivity index (χ1v) is 7.60. The summed E-state index contributed by atoms with van der Waals surface area (Å²) in [6.45, 7) is -0.0684. The zero-order valence-corrected chi connectivity index (χ0v) is 13.6. The number of para-hydroxylation sites is 1. The molecular formula is C16H11F3N5O3+. The Bertz CT molecular complexity index is 993. The van der Waals surface area contributed by atoms with Crippen LogP contribution >= 0.6 is 0 Å². The molecule has 11 heteroatoms. The molecule has 0 unspecified atom stereocenters. The number of ether oxygens (including phenoxy) is 1. The van der Waals surface area contributed by atoms with Crippen molar-refractivity contribution in [3.63, 3.8) is 0 Å². The van der Waals surface area contributed by atoms with Crippen molar-refractivity contribution in [3.05, 3.63) is 42.7 Å². The molecule has 0 saturated heterocycles. The number of aromatic nitrogens is 5. The van der Waals surface area contributed by atoms with E-state index >= 15 is 0 Å². The number of hydrogen-bond acceptors (Lipinski definition) is 7. The Kier molecular flexibility index (Phi) is 5.01. The summed E-state index contributed by atoms with van der Waals surface area (Å²) < 4.78 is 41.0. The molecule has 27 heavy (non-hydrogen) atoms. The highest BCUT2D eigenvalue weighted by Crippen LogP contribution is 2.17. The predicted octanol–water partition coefficient (Wildman–Crippen LogP) is 1.40. The number of aryl methyl sites for hydroxylation is 1. The van der Waals surface area contributed by atoms with Crippen LogP contribution in [0, 0.1) is 0 Å². The molecule has 0 atom stereocenters. The second-order valence-electron chi connectivity index (χ2n) is 5.31. The fourth-order valence-electron chi connectivity index (χ4n) is 2.07. The van der Waals surface area contributed by atoms with Crippen LogP contribution in [0.15, 0.2) is 42.7 Å². The van der Waals surface area contributed by atoms with Gasteiger partial charge in [-0.2, -0.15) is 13.2 Å². The van der Waals surface area contributed by atoms with E-state index in [4.69, 9.17) is 0 Å². The van der Waals surface area contributed by atoms with Crippen LogP contribution in [0.3, 0.4) is 0 Å². The van der Waals surface area contributed by atoms with Gasteiger partial charge in [0.2, 0.25) is 0 Å². The van der Waals surface area contributed by atoms with Gasteiger partial charge in [0.05, 0.1) is 11.1 Å². The van der Waals surface area contributed by atoms with E-state index in [1.54, 1.807) is 18.2 Å². The number of fused-ring (bicyclic) bond motifs is 1. The molecule has 0 radical (unpaired) electrons. The number of benzene rings is 1. The number of hydrogen-bond donors (Lipinski definition) is 0. The summed E-state index contributed by atoms with van der Waals surface area (Å²) >= 11 is 0. The van der Waals surface area contributed by atoms with Gasteiger partial charge < -0.3 is 4.74 Å². The molecule has 2 aromatic heterocycles. The third-order valence-corrected chi connectivity index (χ3v) is 3.37. The maximum atomic E-state index is 12.0. The molecule has 3 aromatic rings. The molecule has 0 aliphatic carbocycles. The van der Waals surface area contributed by atoms with Crippen LogP contribution < -0.4 is 4.68 Å². The van der Waals surface area contributed by atoms with Gasteiger partial charge in [0.15, 0.2) is 18.6 Å². The minimum atomic E-state index is -5.21. The van der Waals surface area contributed by atoms with Crippen LogP contribution in [0.4, 0.5) is 13.2 Å². The minimum absolute atomic E-state index is 0.0684. The lowest BCUT2D eigenvalue weighted by Gasteiger charge is -2.04. The van der Waals surface area contributed by atoms with Crippen molar-refractivity contribution in [2.24, 2.45) is 0 Å². The highest BCUT2D eigenvalue weighted by atomic mass is 19.4. The lowest BCUT2D eigenvalue weighted by Crippen LogP contribution is -2.39. The van der Waals surface area contributed by atoms with Crippen molar-refractivity contribution in [2.75, 3.05) is 0 Å². The van der Waals surface area contributed by atoms with Gasteiger partial charge in [-0.15, -0.1) is 10.2 Å². The minimum Gasteiger partial charge on any atom is -0.386 e. The van der Waals surface area contributed by atoms with Crippen molar-refractivity contribution in [3.8, 4) is 11.4 Å². The molecule has 138 valence electrons. The summed E-state index contributed by atoms with van der Waals surface area (Å²) in [5.74, 6) is -3.48. The van der Waals surface area contributed by atoms with Crippen molar-refractivity contribution >= 4 is 23.0 Å². The molecular weight excluding hydrogens is 367 g/mol. The van der Waals surface area contributed by atoms with Gasteiger partial charge in [-0.05, 0) is 17.2 Å². The van der Waals surface area contributed by atoms with Gasteiger partial charge in [0.1, 0.15) is 18.1 Å². The lowest BCUT2D eigenvalue weighted by molar-refractivity contribution is -0.752. The predicted molar refractivity (Wildman–Crippen MR) is 82.5 cm³/mol. The fourth-order valence-corrected chi connectivity index (χ4v) is 2.07. The van der Waals surface area contributed by atoms with E-state index in [1.165, 1.54) is 17.1 Å². The molecule has 2 heterocycles. The molecule has 1 aromatic carbocycles. The third-order valence-electron chi connectivity index (χ3n) is 3.37. The quantitative estimate of drug-likeness (QED) is 0.384. The maximum absolute atomic E-state index is 12.0.